The van der Waals surface area contributed by atoms with Gasteiger partial charge < -0.3 is 4.74 Å². The Kier molecular flexibility index (Phi) is 3.69. The molecule has 0 aliphatic carbocycles. The molecule has 0 aromatic carbocycles. The van der Waals surface area contributed by atoms with E-state index in [2.05, 4.69) is 14.9 Å². The Labute approximate surface area is 96.4 Å². The second kappa shape index (κ2) is 5.04. The Morgan fingerprint density at radius 3 is 3.19 bits per heavy atom. The average Bonchev–Trinajstić information content (AvgIpc) is 2.83. The molecule has 0 unspecified atom stereocenters. The first-order valence-electron chi connectivity index (χ1n) is 6.18. The number of hydrogen-bond donors (Lipinski definition) is 0. The lowest BCUT2D eigenvalue weighted by molar-refractivity contribution is 0.0305. The molecule has 5 heteroatoms. The molecule has 2 atom stereocenters. The maximum absolute atomic E-state index is 8.39. The van der Waals surface area contributed by atoms with Crippen LogP contribution >= 0.6 is 0 Å². The van der Waals surface area contributed by atoms with E-state index in [0.717, 1.165) is 26.2 Å². The van der Waals surface area contributed by atoms with E-state index in [-0.39, 0.29) is 5.54 Å². The summed E-state index contributed by atoms with van der Waals surface area (Å²) < 4.78 is 5.63. The molecule has 0 aromatic rings. The molecule has 0 radical (unpaired) electrons. The van der Waals surface area contributed by atoms with Gasteiger partial charge in [0.25, 0.3) is 0 Å². The fourth-order valence-corrected chi connectivity index (χ4v) is 3.23. The smallest absolute Gasteiger partial charge is 0.0650 e. The van der Waals surface area contributed by atoms with Gasteiger partial charge in [-0.2, -0.15) is 0 Å². The maximum Gasteiger partial charge on any atom is 0.0650 e. The lowest BCUT2D eigenvalue weighted by atomic mass is 9.95. The molecule has 0 N–H and O–H groups in total. The minimum absolute atomic E-state index is 0.256. The summed E-state index contributed by atoms with van der Waals surface area (Å²) in [4.78, 5) is 5.39. The van der Waals surface area contributed by atoms with E-state index in [1.165, 1.54) is 19.3 Å². The van der Waals surface area contributed by atoms with Crippen molar-refractivity contribution in [3.05, 3.63) is 10.4 Å². The largest absolute Gasteiger partial charge is 0.380 e. The molecule has 2 aliphatic heterocycles. The van der Waals surface area contributed by atoms with Crippen molar-refractivity contribution in [3.63, 3.8) is 0 Å². The molecular weight excluding hydrogens is 204 g/mol. The molecule has 2 heterocycles. The second-order valence-corrected chi connectivity index (χ2v) is 4.76. The lowest BCUT2D eigenvalue weighted by Gasteiger charge is -2.34. The molecule has 0 aromatic heterocycles. The van der Waals surface area contributed by atoms with Crippen LogP contribution in [0.4, 0.5) is 0 Å². The quantitative estimate of drug-likeness (QED) is 0.409. The van der Waals surface area contributed by atoms with Crippen molar-refractivity contribution < 1.29 is 4.74 Å². The van der Waals surface area contributed by atoms with E-state index in [0.29, 0.717) is 12.6 Å². The Morgan fingerprint density at radius 1 is 1.56 bits per heavy atom. The van der Waals surface area contributed by atoms with Crippen LogP contribution in [0.15, 0.2) is 5.11 Å². The molecule has 2 fully saturated rings. The van der Waals surface area contributed by atoms with Crippen LogP contribution in [-0.4, -0.2) is 42.8 Å². The van der Waals surface area contributed by atoms with Crippen LogP contribution < -0.4 is 0 Å². The number of azide groups is 1. The normalized spacial score (nSPS) is 33.7. The predicted molar refractivity (Wildman–Crippen MR) is 62.2 cm³/mol. The van der Waals surface area contributed by atoms with E-state index < -0.39 is 0 Å². The van der Waals surface area contributed by atoms with Gasteiger partial charge in [-0.05, 0) is 44.7 Å². The number of ether oxygens (including phenoxy) is 1. The van der Waals surface area contributed by atoms with Gasteiger partial charge in [0.15, 0.2) is 0 Å². The van der Waals surface area contributed by atoms with Crippen molar-refractivity contribution in [2.75, 3.05) is 26.3 Å². The number of hydrogen-bond acceptors (Lipinski definition) is 3. The summed E-state index contributed by atoms with van der Waals surface area (Å²) in [6.45, 7) is 5.43. The number of nitrogens with zero attached hydrogens (tertiary/aromatic N) is 4. The standard InChI is InChI=1S/C11H20N4O/c1-2-16-9-11-5-3-7-15(11)10(4-6-11)8-13-14-12/h10H,2-9H2,1H3/t10-,11-/m0/s1. The van der Waals surface area contributed by atoms with Crippen LogP contribution in [0.2, 0.25) is 0 Å². The Balaban J connectivity index is 2.01. The molecule has 0 spiro atoms. The third kappa shape index (κ3) is 2.03. The third-order valence-corrected chi connectivity index (χ3v) is 3.96. The SMILES string of the molecule is CCOC[C@@]12CCCN1[C@H](CN=[N+]=[N-])CC2. The third-order valence-electron chi connectivity index (χ3n) is 3.96. The highest BCUT2D eigenvalue weighted by atomic mass is 16.5. The van der Waals surface area contributed by atoms with E-state index in [4.69, 9.17) is 10.3 Å². The van der Waals surface area contributed by atoms with E-state index in [9.17, 15) is 0 Å². The number of rotatable bonds is 5. The van der Waals surface area contributed by atoms with Crippen LogP contribution in [0, 0.1) is 0 Å². The van der Waals surface area contributed by atoms with E-state index in [1.807, 2.05) is 6.92 Å². The Morgan fingerprint density at radius 2 is 2.44 bits per heavy atom. The van der Waals surface area contributed by atoms with Crippen LogP contribution in [0.5, 0.6) is 0 Å². The molecule has 2 rings (SSSR count). The predicted octanol–water partition coefficient (Wildman–Crippen LogP) is 2.33. The molecule has 2 saturated heterocycles. The van der Waals surface area contributed by atoms with Crippen LogP contribution in [0.1, 0.15) is 32.6 Å². The summed E-state index contributed by atoms with van der Waals surface area (Å²) in [6.07, 6.45) is 4.82. The maximum atomic E-state index is 8.39. The van der Waals surface area contributed by atoms with Crippen molar-refractivity contribution in [3.8, 4) is 0 Å². The van der Waals surface area contributed by atoms with E-state index in [1.54, 1.807) is 0 Å². The molecule has 0 bridgehead atoms. The molecule has 16 heavy (non-hydrogen) atoms. The summed E-state index contributed by atoms with van der Waals surface area (Å²) in [6, 6.07) is 0.443. The van der Waals surface area contributed by atoms with Crippen LogP contribution in [0.25, 0.3) is 10.4 Å². The minimum atomic E-state index is 0.256. The number of fused-ring (bicyclic) bond motifs is 1. The molecule has 5 nitrogen and oxygen atoms in total. The van der Waals surface area contributed by atoms with Gasteiger partial charge in [-0.25, -0.2) is 0 Å². The fourth-order valence-electron chi connectivity index (χ4n) is 3.23. The fraction of sp³-hybridized carbons (Fsp3) is 1.00. The van der Waals surface area contributed by atoms with Crippen molar-refractivity contribution in [2.24, 2.45) is 5.11 Å². The highest BCUT2D eigenvalue weighted by Gasteiger charge is 2.48. The first-order chi connectivity index (χ1) is 7.82. The van der Waals surface area contributed by atoms with Crippen molar-refractivity contribution in [1.82, 2.24) is 4.90 Å². The van der Waals surface area contributed by atoms with Crippen molar-refractivity contribution in [2.45, 2.75) is 44.2 Å². The molecular formula is C11H20N4O. The van der Waals surface area contributed by atoms with Gasteiger partial charge in [0.1, 0.15) is 0 Å². The summed E-state index contributed by atoms with van der Waals surface area (Å²) >= 11 is 0. The highest BCUT2D eigenvalue weighted by Crippen LogP contribution is 2.42. The summed E-state index contributed by atoms with van der Waals surface area (Å²) in [7, 11) is 0. The van der Waals surface area contributed by atoms with Gasteiger partial charge >= 0.3 is 0 Å². The van der Waals surface area contributed by atoms with Gasteiger partial charge in [-0.3, -0.25) is 4.90 Å². The Bertz CT molecular complexity index is 290. The monoisotopic (exact) mass is 224 g/mol. The molecule has 2 aliphatic rings. The van der Waals surface area contributed by atoms with Crippen molar-refractivity contribution >= 4 is 0 Å². The highest BCUT2D eigenvalue weighted by molar-refractivity contribution is 5.04. The van der Waals surface area contributed by atoms with Gasteiger partial charge in [0.2, 0.25) is 0 Å². The van der Waals surface area contributed by atoms with Gasteiger partial charge in [-0.1, -0.05) is 5.11 Å². The zero-order valence-electron chi connectivity index (χ0n) is 9.93. The molecule has 0 amide bonds. The molecule has 90 valence electrons. The minimum Gasteiger partial charge on any atom is -0.380 e. The zero-order valence-corrected chi connectivity index (χ0v) is 9.93. The first-order valence-corrected chi connectivity index (χ1v) is 6.18. The van der Waals surface area contributed by atoms with E-state index >= 15 is 0 Å². The molecule has 0 saturated carbocycles. The van der Waals surface area contributed by atoms with Crippen LogP contribution in [0.3, 0.4) is 0 Å². The summed E-state index contributed by atoms with van der Waals surface area (Å²) in [5.41, 5.74) is 8.64. The Hall–Kier alpha value is -0.770. The van der Waals surface area contributed by atoms with Gasteiger partial charge in [0.05, 0.1) is 6.61 Å². The van der Waals surface area contributed by atoms with Crippen molar-refractivity contribution in [1.29, 1.82) is 0 Å². The van der Waals surface area contributed by atoms with Gasteiger partial charge in [-0.15, -0.1) is 0 Å². The summed E-state index contributed by atoms with van der Waals surface area (Å²) in [5, 5.41) is 3.72. The second-order valence-electron chi connectivity index (χ2n) is 4.76. The van der Waals surface area contributed by atoms with Gasteiger partial charge in [0, 0.05) is 29.6 Å². The summed E-state index contributed by atoms with van der Waals surface area (Å²) in [5.74, 6) is 0. The topological polar surface area (TPSA) is 61.2 Å². The average molecular weight is 224 g/mol. The lowest BCUT2D eigenvalue weighted by Crippen LogP contribution is -2.46. The van der Waals surface area contributed by atoms with Crippen LogP contribution in [-0.2, 0) is 4.74 Å². The zero-order chi connectivity index (χ0) is 11.4. The first kappa shape index (κ1) is 11.7.